The SMILES string of the molecule is O[C@H]1Cc2ccccc2C1N1CCN(c2ccc(Cl)cc2Cl)[C@H](c2ccc(Cl)cc2)C1. The van der Waals surface area contributed by atoms with Gasteiger partial charge in [0.2, 0.25) is 0 Å². The zero-order valence-corrected chi connectivity index (χ0v) is 19.2. The van der Waals surface area contributed by atoms with Crippen LogP contribution in [0, 0.1) is 0 Å². The van der Waals surface area contributed by atoms with Crippen molar-refractivity contribution in [1.29, 1.82) is 0 Å². The number of aliphatic hydroxyl groups excluding tert-OH is 1. The van der Waals surface area contributed by atoms with Crippen molar-refractivity contribution in [2.75, 3.05) is 24.5 Å². The van der Waals surface area contributed by atoms with Gasteiger partial charge in [0.25, 0.3) is 0 Å². The van der Waals surface area contributed by atoms with Crippen molar-refractivity contribution in [2.24, 2.45) is 0 Å². The van der Waals surface area contributed by atoms with Crippen LogP contribution in [0.15, 0.2) is 66.7 Å². The van der Waals surface area contributed by atoms with Crippen LogP contribution in [-0.4, -0.2) is 35.7 Å². The summed E-state index contributed by atoms with van der Waals surface area (Å²) in [7, 11) is 0. The van der Waals surface area contributed by atoms with Crippen LogP contribution >= 0.6 is 34.8 Å². The first-order valence-corrected chi connectivity index (χ1v) is 11.6. The van der Waals surface area contributed by atoms with Crippen LogP contribution in [-0.2, 0) is 6.42 Å². The summed E-state index contributed by atoms with van der Waals surface area (Å²) in [6.45, 7) is 2.40. The van der Waals surface area contributed by atoms with Gasteiger partial charge in [0.05, 0.1) is 28.9 Å². The lowest BCUT2D eigenvalue weighted by atomic mass is 9.98. The maximum Gasteiger partial charge on any atom is 0.0777 e. The van der Waals surface area contributed by atoms with Gasteiger partial charge in [-0.1, -0.05) is 71.2 Å². The highest BCUT2D eigenvalue weighted by Crippen LogP contribution is 2.42. The van der Waals surface area contributed by atoms with Gasteiger partial charge in [0.1, 0.15) is 0 Å². The number of anilines is 1. The molecule has 31 heavy (non-hydrogen) atoms. The summed E-state index contributed by atoms with van der Waals surface area (Å²) in [6.07, 6.45) is 0.310. The summed E-state index contributed by atoms with van der Waals surface area (Å²) in [5, 5.41) is 12.9. The Kier molecular flexibility index (Phi) is 5.89. The van der Waals surface area contributed by atoms with Crippen molar-refractivity contribution in [3.8, 4) is 0 Å². The Morgan fingerprint density at radius 1 is 0.839 bits per heavy atom. The molecule has 3 nitrogen and oxygen atoms in total. The van der Waals surface area contributed by atoms with Gasteiger partial charge < -0.3 is 10.0 Å². The number of hydrogen-bond donors (Lipinski definition) is 1. The van der Waals surface area contributed by atoms with Crippen molar-refractivity contribution >= 4 is 40.5 Å². The van der Waals surface area contributed by atoms with Gasteiger partial charge in [0, 0.05) is 36.1 Å². The predicted octanol–water partition coefficient (Wildman–Crippen LogP) is 6.17. The molecule has 6 heteroatoms. The van der Waals surface area contributed by atoms with Crippen molar-refractivity contribution in [2.45, 2.75) is 24.6 Å². The van der Waals surface area contributed by atoms with Crippen LogP contribution in [0.1, 0.15) is 28.8 Å². The highest BCUT2D eigenvalue weighted by Gasteiger charge is 2.39. The van der Waals surface area contributed by atoms with E-state index in [1.54, 1.807) is 6.07 Å². The summed E-state index contributed by atoms with van der Waals surface area (Å²) in [5.41, 5.74) is 4.62. The van der Waals surface area contributed by atoms with Crippen LogP contribution in [0.25, 0.3) is 0 Å². The van der Waals surface area contributed by atoms with Gasteiger partial charge in [-0.3, -0.25) is 4.90 Å². The van der Waals surface area contributed by atoms with Gasteiger partial charge >= 0.3 is 0 Å². The van der Waals surface area contributed by atoms with Crippen LogP contribution in [0.3, 0.4) is 0 Å². The van der Waals surface area contributed by atoms with E-state index in [-0.39, 0.29) is 12.1 Å². The van der Waals surface area contributed by atoms with E-state index in [1.165, 1.54) is 16.7 Å². The Morgan fingerprint density at radius 3 is 2.35 bits per heavy atom. The molecule has 3 aromatic carbocycles. The van der Waals surface area contributed by atoms with Crippen LogP contribution in [0.2, 0.25) is 15.1 Å². The second-order valence-corrected chi connectivity index (χ2v) is 9.55. The fourth-order valence-electron chi connectivity index (χ4n) is 5.02. The summed E-state index contributed by atoms with van der Waals surface area (Å²) in [4.78, 5) is 4.75. The molecule has 1 N–H and O–H groups in total. The van der Waals surface area contributed by atoms with Gasteiger partial charge in [-0.15, -0.1) is 0 Å². The number of fused-ring (bicyclic) bond motifs is 1. The molecule has 0 radical (unpaired) electrons. The van der Waals surface area contributed by atoms with E-state index in [0.717, 1.165) is 25.3 Å². The average Bonchev–Trinajstić information content (AvgIpc) is 3.10. The minimum absolute atomic E-state index is 0.00819. The fourth-order valence-corrected chi connectivity index (χ4v) is 5.67. The van der Waals surface area contributed by atoms with Gasteiger partial charge in [0.15, 0.2) is 0 Å². The third kappa shape index (κ3) is 4.06. The average molecular weight is 474 g/mol. The summed E-state index contributed by atoms with van der Waals surface area (Å²) < 4.78 is 0. The molecule has 160 valence electrons. The molecular weight excluding hydrogens is 451 g/mol. The molecule has 0 bridgehead atoms. The molecular formula is C25H23Cl3N2O. The highest BCUT2D eigenvalue weighted by molar-refractivity contribution is 6.36. The second kappa shape index (κ2) is 8.65. The molecule has 1 heterocycles. The minimum atomic E-state index is -0.395. The standard InChI is InChI=1S/C25H23Cl3N2O/c26-18-7-5-16(6-8-18)23-15-29(25-20-4-2-1-3-17(20)13-24(25)31)11-12-30(23)22-10-9-19(27)14-21(22)28/h1-10,14,23-25,31H,11-13,15H2/t23-,24-,25?/m0/s1. The quantitative estimate of drug-likeness (QED) is 0.493. The minimum Gasteiger partial charge on any atom is -0.391 e. The van der Waals surface area contributed by atoms with Crippen LogP contribution in [0.4, 0.5) is 5.69 Å². The molecule has 1 aliphatic heterocycles. The highest BCUT2D eigenvalue weighted by atomic mass is 35.5. The van der Waals surface area contributed by atoms with E-state index in [0.29, 0.717) is 21.5 Å². The molecule has 0 amide bonds. The lowest BCUT2D eigenvalue weighted by Crippen LogP contribution is -2.51. The van der Waals surface area contributed by atoms with E-state index in [9.17, 15) is 5.11 Å². The predicted molar refractivity (Wildman–Crippen MR) is 128 cm³/mol. The second-order valence-electron chi connectivity index (χ2n) is 8.27. The number of piperazine rings is 1. The Bertz CT molecular complexity index is 1090. The smallest absolute Gasteiger partial charge is 0.0777 e. The molecule has 2 aliphatic rings. The van der Waals surface area contributed by atoms with E-state index in [4.69, 9.17) is 34.8 Å². The lowest BCUT2D eigenvalue weighted by Gasteiger charge is -2.46. The number of nitrogens with zero attached hydrogens (tertiary/aromatic N) is 2. The van der Waals surface area contributed by atoms with E-state index >= 15 is 0 Å². The first-order chi connectivity index (χ1) is 15.0. The first kappa shape index (κ1) is 21.1. The number of aliphatic hydroxyl groups is 1. The number of benzene rings is 3. The molecule has 1 aliphatic carbocycles. The van der Waals surface area contributed by atoms with Crippen molar-refractivity contribution < 1.29 is 5.11 Å². The zero-order valence-electron chi connectivity index (χ0n) is 16.9. The monoisotopic (exact) mass is 472 g/mol. The maximum absolute atomic E-state index is 10.9. The zero-order chi connectivity index (χ0) is 21.5. The molecule has 1 fully saturated rings. The summed E-state index contributed by atoms with van der Waals surface area (Å²) in [5.74, 6) is 0. The van der Waals surface area contributed by atoms with Gasteiger partial charge in [-0.25, -0.2) is 0 Å². The third-order valence-electron chi connectivity index (χ3n) is 6.45. The largest absolute Gasteiger partial charge is 0.391 e. The molecule has 0 aromatic heterocycles. The maximum atomic E-state index is 10.9. The molecule has 0 saturated carbocycles. The first-order valence-electron chi connectivity index (χ1n) is 10.5. The van der Waals surface area contributed by atoms with Gasteiger partial charge in [-0.2, -0.15) is 0 Å². The van der Waals surface area contributed by atoms with E-state index in [1.807, 2.05) is 30.3 Å². The Labute approximate surface area is 197 Å². The Morgan fingerprint density at radius 2 is 1.58 bits per heavy atom. The van der Waals surface area contributed by atoms with Gasteiger partial charge in [-0.05, 0) is 47.0 Å². The molecule has 1 saturated heterocycles. The molecule has 0 spiro atoms. The normalized spacial score (nSPS) is 23.7. The number of halogens is 3. The van der Waals surface area contributed by atoms with E-state index in [2.05, 4.69) is 40.1 Å². The summed E-state index contributed by atoms with van der Waals surface area (Å²) >= 11 is 18.9. The Balaban J connectivity index is 1.51. The number of hydrogen-bond acceptors (Lipinski definition) is 3. The van der Waals surface area contributed by atoms with Crippen molar-refractivity contribution in [3.63, 3.8) is 0 Å². The molecule has 3 atom stereocenters. The number of rotatable bonds is 3. The van der Waals surface area contributed by atoms with Crippen molar-refractivity contribution in [1.82, 2.24) is 4.90 Å². The topological polar surface area (TPSA) is 26.7 Å². The van der Waals surface area contributed by atoms with Crippen molar-refractivity contribution in [3.05, 3.63) is 98.5 Å². The van der Waals surface area contributed by atoms with Crippen LogP contribution in [0.5, 0.6) is 0 Å². The molecule has 5 rings (SSSR count). The summed E-state index contributed by atoms with van der Waals surface area (Å²) in [6, 6.07) is 22.1. The third-order valence-corrected chi connectivity index (χ3v) is 7.24. The Hall–Kier alpha value is -1.75. The van der Waals surface area contributed by atoms with Crippen LogP contribution < -0.4 is 4.90 Å². The fraction of sp³-hybridized carbons (Fsp3) is 0.280. The lowest BCUT2D eigenvalue weighted by molar-refractivity contribution is 0.0489. The van der Waals surface area contributed by atoms with E-state index < -0.39 is 6.10 Å². The molecule has 3 aromatic rings. The molecule has 1 unspecified atom stereocenters.